The lowest BCUT2D eigenvalue weighted by atomic mass is 9.88. The van der Waals surface area contributed by atoms with Crippen LogP contribution in [0.4, 0.5) is 5.82 Å². The number of nitrogens with zero attached hydrogens (tertiary/aromatic N) is 4. The van der Waals surface area contributed by atoms with E-state index in [1.165, 1.54) is 5.56 Å². The molecule has 3 heterocycles. The molecule has 0 saturated carbocycles. The molecule has 1 aromatic carbocycles. The lowest BCUT2D eigenvalue weighted by Crippen LogP contribution is -2.48. The van der Waals surface area contributed by atoms with Crippen LogP contribution in [0, 0.1) is 11.3 Å². The van der Waals surface area contributed by atoms with Crippen LogP contribution in [0.3, 0.4) is 0 Å². The number of carbonyl (C=O) groups is 3. The van der Waals surface area contributed by atoms with E-state index in [2.05, 4.69) is 59.7 Å². The summed E-state index contributed by atoms with van der Waals surface area (Å²) in [4.78, 5) is 69.4. The summed E-state index contributed by atoms with van der Waals surface area (Å²) in [5.41, 5.74) is 7.93. The van der Waals surface area contributed by atoms with Crippen LogP contribution in [0.15, 0.2) is 29.1 Å². The molecule has 1 atom stereocenters. The van der Waals surface area contributed by atoms with E-state index < -0.39 is 17.4 Å². The van der Waals surface area contributed by atoms with Crippen molar-refractivity contribution in [1.29, 1.82) is 0 Å². The minimum absolute atomic E-state index is 0.0402. The zero-order chi connectivity index (χ0) is 43.0. The summed E-state index contributed by atoms with van der Waals surface area (Å²) in [6.07, 6.45) is 7.03. The second-order valence-corrected chi connectivity index (χ2v) is 17.2. The van der Waals surface area contributed by atoms with Gasteiger partial charge in [-0.1, -0.05) is 51.5 Å². The SMILES string of the molecule is CCCCOc1nc(N)c2[nH]c(=O)n(Cc3ccc(CN4CCC(CCNC(=O)[C@@H](CCCCNC(=O)C(C)(C)CCOC(C)(C)C)NC(=O)CON)CC4)cc3)c2n1. The van der Waals surface area contributed by atoms with Gasteiger partial charge in [-0.05, 0) is 102 Å². The van der Waals surface area contributed by atoms with Crippen molar-refractivity contribution in [3.63, 3.8) is 0 Å². The zero-order valence-corrected chi connectivity index (χ0v) is 36.0. The molecular weight excluding hydrogens is 757 g/mol. The third-order valence-corrected chi connectivity index (χ3v) is 10.6. The number of hydrogen-bond acceptors (Lipinski definition) is 12. The minimum atomic E-state index is -0.730. The van der Waals surface area contributed by atoms with Crippen LogP contribution in [-0.4, -0.2) is 99.8 Å². The number of aromatic nitrogens is 4. The van der Waals surface area contributed by atoms with Crippen molar-refractivity contribution in [2.24, 2.45) is 17.2 Å². The molecule has 0 unspecified atom stereocenters. The summed E-state index contributed by atoms with van der Waals surface area (Å²) < 4.78 is 13.0. The maximum atomic E-state index is 13.2. The van der Waals surface area contributed by atoms with Crippen molar-refractivity contribution in [3.8, 4) is 6.01 Å². The lowest BCUT2D eigenvalue weighted by Gasteiger charge is -2.32. The molecule has 3 aromatic rings. The van der Waals surface area contributed by atoms with Crippen molar-refractivity contribution < 1.29 is 28.7 Å². The zero-order valence-electron chi connectivity index (χ0n) is 36.0. The van der Waals surface area contributed by atoms with Gasteiger partial charge in [0.25, 0.3) is 0 Å². The number of likely N-dealkylation sites (tertiary alicyclic amines) is 1. The molecule has 328 valence electrons. The summed E-state index contributed by atoms with van der Waals surface area (Å²) in [5, 5.41) is 8.76. The topological polar surface area (TPSA) is 234 Å². The number of H-pyrrole nitrogens is 1. The number of aromatic amines is 1. The van der Waals surface area contributed by atoms with E-state index in [0.717, 1.165) is 57.3 Å². The lowest BCUT2D eigenvalue weighted by molar-refractivity contribution is -0.131. The summed E-state index contributed by atoms with van der Waals surface area (Å²) in [7, 11) is 0. The molecule has 1 saturated heterocycles. The number of carbonyl (C=O) groups excluding carboxylic acids is 3. The summed E-state index contributed by atoms with van der Waals surface area (Å²) in [6.45, 7) is 16.5. The van der Waals surface area contributed by atoms with E-state index in [4.69, 9.17) is 21.1 Å². The fourth-order valence-corrected chi connectivity index (χ4v) is 6.92. The molecule has 0 bridgehead atoms. The van der Waals surface area contributed by atoms with Gasteiger partial charge in [0.2, 0.25) is 17.7 Å². The number of anilines is 1. The predicted molar refractivity (Wildman–Crippen MR) is 227 cm³/mol. The highest BCUT2D eigenvalue weighted by atomic mass is 16.6. The number of benzene rings is 1. The second-order valence-electron chi connectivity index (χ2n) is 17.2. The first-order valence-corrected chi connectivity index (χ1v) is 21.1. The maximum Gasteiger partial charge on any atom is 0.328 e. The van der Waals surface area contributed by atoms with Crippen LogP contribution in [-0.2, 0) is 37.0 Å². The van der Waals surface area contributed by atoms with Crippen LogP contribution < -0.4 is 38.0 Å². The number of fused-ring (bicyclic) bond motifs is 1. The number of ether oxygens (including phenoxy) is 2. The van der Waals surface area contributed by atoms with Gasteiger partial charge in [0, 0.05) is 31.7 Å². The van der Waals surface area contributed by atoms with Gasteiger partial charge >= 0.3 is 11.7 Å². The van der Waals surface area contributed by atoms with E-state index in [1.54, 1.807) is 4.57 Å². The van der Waals surface area contributed by atoms with Gasteiger partial charge in [-0.2, -0.15) is 9.97 Å². The molecule has 59 heavy (non-hydrogen) atoms. The molecule has 0 aliphatic carbocycles. The number of nitrogen functional groups attached to an aromatic ring is 1. The van der Waals surface area contributed by atoms with Gasteiger partial charge in [-0.25, -0.2) is 10.7 Å². The van der Waals surface area contributed by atoms with E-state index in [9.17, 15) is 19.2 Å². The van der Waals surface area contributed by atoms with Crippen molar-refractivity contribution in [2.45, 2.75) is 124 Å². The largest absolute Gasteiger partial charge is 0.463 e. The Labute approximate surface area is 348 Å². The van der Waals surface area contributed by atoms with Gasteiger partial charge < -0.3 is 36.1 Å². The third kappa shape index (κ3) is 15.5. The Kier molecular flexibility index (Phi) is 18.1. The Balaban J connectivity index is 1.17. The van der Waals surface area contributed by atoms with Crippen LogP contribution in [0.1, 0.15) is 110 Å². The Bertz CT molecular complexity index is 1850. The van der Waals surface area contributed by atoms with Crippen LogP contribution in [0.25, 0.3) is 11.2 Å². The number of piperidine rings is 1. The van der Waals surface area contributed by atoms with Crippen LogP contribution in [0.2, 0.25) is 0 Å². The van der Waals surface area contributed by atoms with E-state index in [-0.39, 0.29) is 41.5 Å². The molecule has 8 N–H and O–H groups in total. The van der Waals surface area contributed by atoms with E-state index in [0.29, 0.717) is 75.6 Å². The highest BCUT2D eigenvalue weighted by molar-refractivity contribution is 5.88. The van der Waals surface area contributed by atoms with Gasteiger partial charge in [0.15, 0.2) is 11.5 Å². The van der Waals surface area contributed by atoms with E-state index in [1.807, 2.05) is 46.8 Å². The first kappa shape index (κ1) is 47.1. The number of rotatable bonds is 24. The summed E-state index contributed by atoms with van der Waals surface area (Å²) >= 11 is 0. The first-order chi connectivity index (χ1) is 28.1. The summed E-state index contributed by atoms with van der Waals surface area (Å²) in [5.74, 6) is 4.99. The molecule has 17 nitrogen and oxygen atoms in total. The maximum absolute atomic E-state index is 13.2. The molecule has 1 aliphatic rings. The average Bonchev–Trinajstić information content (AvgIpc) is 3.49. The third-order valence-electron chi connectivity index (χ3n) is 10.6. The van der Waals surface area contributed by atoms with Gasteiger partial charge in [0.1, 0.15) is 18.2 Å². The molecule has 3 amide bonds. The monoisotopic (exact) mass is 825 g/mol. The number of hydrogen-bond donors (Lipinski definition) is 6. The standard InChI is InChI=1S/C42H68N10O7/c1-7-8-24-57-39-49-35(43)34-36(50-39)52(40(56)48-34)27-31-14-12-30(13-15-31)26-51-22-17-29(18-23-51)16-21-45-37(54)32(47-33(53)28-59-44)11-9-10-20-46-38(55)42(5,6)19-25-58-41(2,3)4/h12-15,29,32H,7-11,16-28,44H2,1-6H3,(H,45,54)(H,46,55)(H,47,53)(H,48,56)(H2,43,49,50)/t32-/m1/s1. The Hall–Kier alpha value is -4.58. The fraction of sp³-hybridized carbons (Fsp3) is 0.667. The predicted octanol–water partition coefficient (Wildman–Crippen LogP) is 3.54. The second kappa shape index (κ2) is 22.7. The molecule has 2 aromatic heterocycles. The van der Waals surface area contributed by atoms with Crippen molar-refractivity contribution in [1.82, 2.24) is 40.4 Å². The van der Waals surface area contributed by atoms with Crippen molar-refractivity contribution >= 4 is 34.7 Å². The Morgan fingerprint density at radius 3 is 2.31 bits per heavy atom. The number of nitrogens with two attached hydrogens (primary N) is 2. The van der Waals surface area contributed by atoms with Crippen LogP contribution in [0.5, 0.6) is 6.01 Å². The van der Waals surface area contributed by atoms with Gasteiger partial charge in [0.05, 0.1) is 18.8 Å². The highest BCUT2D eigenvalue weighted by Gasteiger charge is 2.28. The van der Waals surface area contributed by atoms with Gasteiger partial charge in [-0.3, -0.25) is 28.7 Å². The summed E-state index contributed by atoms with van der Waals surface area (Å²) in [6, 6.07) is 7.68. The number of nitrogens with one attached hydrogen (secondary N) is 4. The van der Waals surface area contributed by atoms with Crippen molar-refractivity contribution in [3.05, 3.63) is 45.9 Å². The smallest absolute Gasteiger partial charge is 0.328 e. The Morgan fingerprint density at radius 2 is 1.64 bits per heavy atom. The Morgan fingerprint density at radius 1 is 0.949 bits per heavy atom. The van der Waals surface area contributed by atoms with Gasteiger partial charge in [-0.15, -0.1) is 0 Å². The molecule has 1 fully saturated rings. The van der Waals surface area contributed by atoms with Crippen LogP contribution >= 0.6 is 0 Å². The number of amides is 3. The van der Waals surface area contributed by atoms with Crippen molar-refractivity contribution in [2.75, 3.05) is 51.7 Å². The normalized spacial score (nSPS) is 14.6. The number of imidazole rings is 1. The molecular formula is C42H68N10O7. The molecule has 0 spiro atoms. The quantitative estimate of drug-likeness (QED) is 0.0563. The minimum Gasteiger partial charge on any atom is -0.463 e. The van der Waals surface area contributed by atoms with E-state index >= 15 is 0 Å². The molecule has 17 heteroatoms. The average molecular weight is 825 g/mol. The molecule has 0 radical (unpaired) electrons. The highest BCUT2D eigenvalue weighted by Crippen LogP contribution is 2.24. The first-order valence-electron chi connectivity index (χ1n) is 21.1. The molecule has 1 aliphatic heterocycles. The molecule has 4 rings (SSSR count). The number of unbranched alkanes of at least 4 members (excludes halogenated alkanes) is 2. The fourth-order valence-electron chi connectivity index (χ4n) is 6.92.